The molecule has 4 nitrogen and oxygen atoms in total. The summed E-state index contributed by atoms with van der Waals surface area (Å²) in [4.78, 5) is 14.6. The second kappa shape index (κ2) is 6.07. The van der Waals surface area contributed by atoms with Gasteiger partial charge in [0.05, 0.1) is 12.3 Å². The van der Waals surface area contributed by atoms with Crippen molar-refractivity contribution >= 4 is 0 Å². The molecule has 0 saturated carbocycles. The Labute approximate surface area is 117 Å². The summed E-state index contributed by atoms with van der Waals surface area (Å²) >= 11 is 0. The molecule has 1 aromatic carbocycles. The fourth-order valence-electron chi connectivity index (χ4n) is 2.00. The lowest BCUT2D eigenvalue weighted by Gasteiger charge is -2.11. The molecule has 2 aromatic rings. The standard InChI is InChI=1S/C16H16N2O2/c1-3-8-20-15-7-5-4-6-12(15)14-9-11(2)13(10-17)16(19)18-14/h4-7,9H,3,8H2,1-2H3,(H,18,19). The van der Waals surface area contributed by atoms with Crippen molar-refractivity contribution in [1.82, 2.24) is 4.98 Å². The SMILES string of the molecule is CCCOc1ccccc1-c1cc(C)c(C#N)c(=O)[nH]1. The fraction of sp³-hybridized carbons (Fsp3) is 0.250. The number of aromatic nitrogens is 1. The van der Waals surface area contributed by atoms with Gasteiger partial charge in [-0.15, -0.1) is 0 Å². The molecule has 0 aliphatic rings. The van der Waals surface area contributed by atoms with E-state index in [2.05, 4.69) is 4.98 Å². The number of ether oxygens (including phenoxy) is 1. The summed E-state index contributed by atoms with van der Waals surface area (Å²) in [7, 11) is 0. The molecule has 0 spiro atoms. The summed E-state index contributed by atoms with van der Waals surface area (Å²) in [6, 6.07) is 11.3. The van der Waals surface area contributed by atoms with Crippen molar-refractivity contribution < 1.29 is 4.74 Å². The summed E-state index contributed by atoms with van der Waals surface area (Å²) in [6.45, 7) is 4.42. The number of H-pyrrole nitrogens is 1. The van der Waals surface area contributed by atoms with Gasteiger partial charge in [0.25, 0.3) is 5.56 Å². The molecule has 0 amide bonds. The Kier molecular flexibility index (Phi) is 4.21. The normalized spacial score (nSPS) is 10.1. The van der Waals surface area contributed by atoms with Gasteiger partial charge in [-0.2, -0.15) is 5.26 Å². The van der Waals surface area contributed by atoms with Gasteiger partial charge in [0.2, 0.25) is 0 Å². The van der Waals surface area contributed by atoms with Crippen molar-refractivity contribution in [2.45, 2.75) is 20.3 Å². The summed E-state index contributed by atoms with van der Waals surface area (Å²) in [5.74, 6) is 0.731. The van der Waals surface area contributed by atoms with Gasteiger partial charge in [0.15, 0.2) is 0 Å². The van der Waals surface area contributed by atoms with Crippen LogP contribution in [0.3, 0.4) is 0 Å². The van der Waals surface area contributed by atoms with Crippen molar-refractivity contribution in [3.05, 3.63) is 51.8 Å². The molecular weight excluding hydrogens is 252 g/mol. The van der Waals surface area contributed by atoms with Crippen molar-refractivity contribution in [2.75, 3.05) is 6.61 Å². The predicted octanol–water partition coefficient (Wildman–Crippen LogP) is 3.01. The predicted molar refractivity (Wildman–Crippen MR) is 77.7 cm³/mol. The first-order valence-corrected chi connectivity index (χ1v) is 6.53. The molecule has 1 aromatic heterocycles. The molecule has 0 radical (unpaired) electrons. The highest BCUT2D eigenvalue weighted by molar-refractivity contribution is 5.68. The van der Waals surface area contributed by atoms with E-state index in [9.17, 15) is 4.79 Å². The van der Waals surface area contributed by atoms with Crippen molar-refractivity contribution in [3.63, 3.8) is 0 Å². The molecule has 2 rings (SSSR count). The van der Waals surface area contributed by atoms with Crippen LogP contribution < -0.4 is 10.3 Å². The molecule has 0 atom stereocenters. The highest BCUT2D eigenvalue weighted by Crippen LogP contribution is 2.28. The zero-order valence-corrected chi connectivity index (χ0v) is 11.6. The van der Waals surface area contributed by atoms with Gasteiger partial charge >= 0.3 is 0 Å². The van der Waals surface area contributed by atoms with Crippen LogP contribution in [0.4, 0.5) is 0 Å². The van der Waals surface area contributed by atoms with Gasteiger partial charge < -0.3 is 9.72 Å². The van der Waals surface area contributed by atoms with Gasteiger partial charge in [-0.25, -0.2) is 0 Å². The van der Waals surface area contributed by atoms with Gasteiger partial charge in [-0.05, 0) is 37.1 Å². The highest BCUT2D eigenvalue weighted by atomic mass is 16.5. The maximum atomic E-state index is 11.9. The van der Waals surface area contributed by atoms with Crippen LogP contribution in [0.15, 0.2) is 35.1 Å². The molecule has 102 valence electrons. The Bertz CT molecular complexity index is 711. The van der Waals surface area contributed by atoms with E-state index in [1.54, 1.807) is 13.0 Å². The first kappa shape index (κ1) is 13.9. The number of aromatic amines is 1. The Morgan fingerprint density at radius 1 is 1.35 bits per heavy atom. The van der Waals surface area contributed by atoms with Crippen LogP contribution in [-0.4, -0.2) is 11.6 Å². The highest BCUT2D eigenvalue weighted by Gasteiger charge is 2.10. The van der Waals surface area contributed by atoms with E-state index < -0.39 is 0 Å². The van der Waals surface area contributed by atoms with Gasteiger partial charge in [0, 0.05) is 5.56 Å². The third kappa shape index (κ3) is 2.72. The van der Waals surface area contributed by atoms with E-state index >= 15 is 0 Å². The Hall–Kier alpha value is -2.54. The zero-order valence-electron chi connectivity index (χ0n) is 11.6. The quantitative estimate of drug-likeness (QED) is 0.926. The number of para-hydroxylation sites is 1. The lowest BCUT2D eigenvalue weighted by molar-refractivity contribution is 0.318. The molecule has 0 unspecified atom stereocenters. The number of nitriles is 1. The average molecular weight is 268 g/mol. The van der Waals surface area contributed by atoms with Crippen LogP contribution in [0.1, 0.15) is 24.5 Å². The number of aryl methyl sites for hydroxylation is 1. The zero-order chi connectivity index (χ0) is 14.5. The molecule has 0 aliphatic heterocycles. The summed E-state index contributed by atoms with van der Waals surface area (Å²) in [6.07, 6.45) is 0.914. The van der Waals surface area contributed by atoms with Crippen LogP contribution in [-0.2, 0) is 0 Å². The molecule has 4 heteroatoms. The summed E-state index contributed by atoms with van der Waals surface area (Å²) < 4.78 is 5.69. The minimum absolute atomic E-state index is 0.153. The number of nitrogens with one attached hydrogen (secondary N) is 1. The molecular formula is C16H16N2O2. The Morgan fingerprint density at radius 3 is 2.75 bits per heavy atom. The monoisotopic (exact) mass is 268 g/mol. The first-order chi connectivity index (χ1) is 9.67. The van der Waals surface area contributed by atoms with Gasteiger partial charge in [-0.1, -0.05) is 19.1 Å². The summed E-state index contributed by atoms with van der Waals surface area (Å²) in [5.41, 5.74) is 1.94. The van der Waals surface area contributed by atoms with Crippen LogP contribution >= 0.6 is 0 Å². The molecule has 1 N–H and O–H groups in total. The van der Waals surface area contributed by atoms with Gasteiger partial charge in [-0.3, -0.25) is 4.79 Å². The number of hydrogen-bond donors (Lipinski definition) is 1. The third-order valence-electron chi connectivity index (χ3n) is 2.98. The number of nitrogens with zero attached hydrogens (tertiary/aromatic N) is 1. The number of benzene rings is 1. The second-order valence-electron chi connectivity index (χ2n) is 4.53. The van der Waals surface area contributed by atoms with Crippen LogP contribution in [0.2, 0.25) is 0 Å². The van der Waals surface area contributed by atoms with Crippen LogP contribution in [0, 0.1) is 18.3 Å². The minimum atomic E-state index is -0.368. The van der Waals surface area contributed by atoms with E-state index in [1.807, 2.05) is 37.3 Å². The van der Waals surface area contributed by atoms with E-state index in [0.717, 1.165) is 17.7 Å². The molecule has 0 fully saturated rings. The van der Waals surface area contributed by atoms with Crippen molar-refractivity contribution in [3.8, 4) is 23.1 Å². The largest absolute Gasteiger partial charge is 0.493 e. The maximum absolute atomic E-state index is 11.9. The third-order valence-corrected chi connectivity index (χ3v) is 2.98. The first-order valence-electron chi connectivity index (χ1n) is 6.53. The smallest absolute Gasteiger partial charge is 0.266 e. The van der Waals surface area contributed by atoms with Crippen molar-refractivity contribution in [2.24, 2.45) is 0 Å². The topological polar surface area (TPSA) is 65.9 Å². The van der Waals surface area contributed by atoms with Crippen LogP contribution in [0.5, 0.6) is 5.75 Å². The second-order valence-corrected chi connectivity index (χ2v) is 4.53. The van der Waals surface area contributed by atoms with Crippen molar-refractivity contribution in [1.29, 1.82) is 5.26 Å². The minimum Gasteiger partial charge on any atom is -0.493 e. The van der Waals surface area contributed by atoms with E-state index in [0.29, 0.717) is 17.9 Å². The number of rotatable bonds is 4. The molecule has 0 bridgehead atoms. The molecule has 20 heavy (non-hydrogen) atoms. The Morgan fingerprint density at radius 2 is 2.10 bits per heavy atom. The number of pyridine rings is 1. The van der Waals surface area contributed by atoms with E-state index in [4.69, 9.17) is 10.00 Å². The molecule has 1 heterocycles. The fourth-order valence-corrected chi connectivity index (χ4v) is 2.00. The summed E-state index contributed by atoms with van der Waals surface area (Å²) in [5, 5.41) is 8.94. The Balaban J connectivity index is 2.53. The van der Waals surface area contributed by atoms with E-state index in [-0.39, 0.29) is 11.1 Å². The van der Waals surface area contributed by atoms with E-state index in [1.165, 1.54) is 0 Å². The van der Waals surface area contributed by atoms with Gasteiger partial charge in [0.1, 0.15) is 17.4 Å². The molecule has 0 saturated heterocycles. The molecule has 0 aliphatic carbocycles. The maximum Gasteiger partial charge on any atom is 0.266 e. The van der Waals surface area contributed by atoms with Crippen LogP contribution in [0.25, 0.3) is 11.3 Å². The number of hydrogen-bond acceptors (Lipinski definition) is 3. The average Bonchev–Trinajstić information content (AvgIpc) is 2.45. The lowest BCUT2D eigenvalue weighted by atomic mass is 10.1. The lowest BCUT2D eigenvalue weighted by Crippen LogP contribution is -2.13.